The Morgan fingerprint density at radius 1 is 1.12 bits per heavy atom. The van der Waals surface area contributed by atoms with E-state index in [2.05, 4.69) is 11.1 Å². The lowest BCUT2D eigenvalue weighted by atomic mass is 9.91. The molecule has 0 aliphatic heterocycles. The molecule has 0 heterocycles. The molecule has 2 aromatic carbocycles. The van der Waals surface area contributed by atoms with Crippen LogP contribution in [0.5, 0.6) is 0 Å². The quantitative estimate of drug-likeness (QED) is 0.222. The highest BCUT2D eigenvalue weighted by molar-refractivity contribution is 5.77. The molecule has 0 saturated heterocycles. The number of methoxy groups -OCH3 is 1. The number of halogens is 2. The number of nitrogens with one attached hydrogen (secondary N) is 2. The topological polar surface area (TPSA) is 96.6 Å². The molecule has 5 N–H and O–H groups in total. The van der Waals surface area contributed by atoms with Crippen molar-refractivity contribution in [2.45, 2.75) is 45.3 Å². The highest BCUT2D eigenvalue weighted by Crippen LogP contribution is 2.27. The highest BCUT2D eigenvalue weighted by atomic mass is 19.1. The van der Waals surface area contributed by atoms with Crippen LogP contribution in [0.25, 0.3) is 0 Å². The Hall–Kier alpha value is -2.39. The summed E-state index contributed by atoms with van der Waals surface area (Å²) in [4.78, 5) is 12.1. The van der Waals surface area contributed by atoms with Gasteiger partial charge in [0, 0.05) is 19.6 Å². The first kappa shape index (κ1) is 27.6. The molecule has 6 nitrogen and oxygen atoms in total. The monoisotopic (exact) mass is 451 g/mol. The number of hydrogen-bond donors (Lipinski definition) is 4. The van der Waals surface area contributed by atoms with E-state index in [1.807, 2.05) is 6.07 Å². The fourth-order valence-electron chi connectivity index (χ4n) is 3.44. The first-order valence-corrected chi connectivity index (χ1v) is 10.7. The molecule has 0 aliphatic carbocycles. The molecule has 2 rings (SSSR count). The van der Waals surface area contributed by atoms with Crippen molar-refractivity contribution in [2.75, 3.05) is 20.7 Å². The van der Waals surface area contributed by atoms with Crippen LogP contribution in [0.4, 0.5) is 8.78 Å². The van der Waals surface area contributed by atoms with Gasteiger partial charge in [-0.15, -0.1) is 0 Å². The summed E-state index contributed by atoms with van der Waals surface area (Å²) >= 11 is 0. The highest BCUT2D eigenvalue weighted by Gasteiger charge is 2.23. The van der Waals surface area contributed by atoms with Crippen molar-refractivity contribution in [3.05, 3.63) is 70.8 Å². The molecule has 2 atom stereocenters. The zero-order valence-electron chi connectivity index (χ0n) is 19.0. The van der Waals surface area contributed by atoms with Crippen LogP contribution in [-0.2, 0) is 16.1 Å². The van der Waals surface area contributed by atoms with Crippen LogP contribution >= 0.6 is 0 Å². The Balaban J connectivity index is 0.00000249. The number of aryl methyl sites for hydroxylation is 1. The maximum absolute atomic E-state index is 13.3. The molecule has 0 fully saturated rings. The van der Waals surface area contributed by atoms with Crippen LogP contribution in [0.1, 0.15) is 48.5 Å². The second-order valence-electron chi connectivity index (χ2n) is 7.44. The number of benzene rings is 2. The van der Waals surface area contributed by atoms with Crippen molar-refractivity contribution in [2.24, 2.45) is 11.7 Å². The molecule has 0 aliphatic rings. The summed E-state index contributed by atoms with van der Waals surface area (Å²) in [6.07, 6.45) is 2.24. The molecule has 2 aromatic rings. The van der Waals surface area contributed by atoms with Crippen molar-refractivity contribution in [1.29, 1.82) is 0 Å². The van der Waals surface area contributed by atoms with Gasteiger partial charge in [-0.1, -0.05) is 30.7 Å². The summed E-state index contributed by atoms with van der Waals surface area (Å²) in [5.74, 6) is -1.41. The zero-order chi connectivity index (χ0) is 23.9. The predicted molar refractivity (Wildman–Crippen MR) is 121 cm³/mol. The average molecular weight is 452 g/mol. The molecule has 0 bridgehead atoms. The van der Waals surface area contributed by atoms with Crippen LogP contribution in [0.3, 0.4) is 0 Å². The molecular formula is C24H35F2N3O3. The normalized spacial score (nSPS) is 12.5. The molecule has 8 heteroatoms. The number of amides is 1. The van der Waals surface area contributed by atoms with E-state index >= 15 is 0 Å². The summed E-state index contributed by atoms with van der Waals surface area (Å²) in [7, 11) is 3.04. The second kappa shape index (κ2) is 15.4. The van der Waals surface area contributed by atoms with Gasteiger partial charge < -0.3 is 15.8 Å². The van der Waals surface area contributed by atoms with E-state index in [0.29, 0.717) is 24.9 Å². The molecule has 0 saturated carbocycles. The van der Waals surface area contributed by atoms with Crippen molar-refractivity contribution in [3.8, 4) is 0 Å². The summed E-state index contributed by atoms with van der Waals surface area (Å²) in [5.41, 5.74) is 8.67. The van der Waals surface area contributed by atoms with Crippen LogP contribution in [0.15, 0.2) is 42.5 Å². The predicted octanol–water partition coefficient (Wildman–Crippen LogP) is 4.01. The standard InChI is InChI=1S/C23H30F2N2O3.CH5N/c1-16-13-17(6-11-21(16)25)15-26-12-4-3-5-19(23(28)27-29)14-22(30-2)18-7-9-20(24)10-8-18;1-2/h6-11,13,19,22,26,29H,3-5,12,14-15H2,1-2H3,(H,27,28);2H2,1H3/t19-,22+;/m0./s1. The third-order valence-electron chi connectivity index (χ3n) is 5.21. The molecule has 0 radical (unpaired) electrons. The third-order valence-corrected chi connectivity index (χ3v) is 5.21. The number of nitrogens with two attached hydrogens (primary N) is 1. The van der Waals surface area contributed by atoms with E-state index in [-0.39, 0.29) is 17.7 Å². The van der Waals surface area contributed by atoms with Gasteiger partial charge in [0.1, 0.15) is 11.6 Å². The number of carbonyl (C=O) groups is 1. The van der Waals surface area contributed by atoms with E-state index in [1.165, 1.54) is 25.2 Å². The minimum atomic E-state index is -0.450. The molecule has 0 unspecified atom stereocenters. The number of hydrogen-bond acceptors (Lipinski definition) is 5. The van der Waals surface area contributed by atoms with Gasteiger partial charge in [0.25, 0.3) is 0 Å². The van der Waals surface area contributed by atoms with Crippen molar-refractivity contribution in [3.63, 3.8) is 0 Å². The smallest absolute Gasteiger partial charge is 0.246 e. The van der Waals surface area contributed by atoms with E-state index in [9.17, 15) is 13.6 Å². The van der Waals surface area contributed by atoms with Gasteiger partial charge in [0.05, 0.1) is 6.10 Å². The molecule has 0 spiro atoms. The number of unbranched alkanes of at least 4 members (excludes halogenated alkanes) is 1. The van der Waals surface area contributed by atoms with Crippen LogP contribution < -0.4 is 16.5 Å². The van der Waals surface area contributed by atoms with Crippen LogP contribution in [0.2, 0.25) is 0 Å². The van der Waals surface area contributed by atoms with Gasteiger partial charge in [0.2, 0.25) is 5.91 Å². The first-order chi connectivity index (χ1) is 15.4. The zero-order valence-corrected chi connectivity index (χ0v) is 19.0. The first-order valence-electron chi connectivity index (χ1n) is 10.7. The summed E-state index contributed by atoms with van der Waals surface area (Å²) < 4.78 is 31.9. The summed E-state index contributed by atoms with van der Waals surface area (Å²) in [5, 5.41) is 12.4. The van der Waals surface area contributed by atoms with Gasteiger partial charge in [-0.2, -0.15) is 0 Å². The van der Waals surface area contributed by atoms with Gasteiger partial charge in [0.15, 0.2) is 0 Å². The lowest BCUT2D eigenvalue weighted by molar-refractivity contribution is -0.135. The molecular weight excluding hydrogens is 416 g/mol. The maximum atomic E-state index is 13.3. The molecule has 1 amide bonds. The fourth-order valence-corrected chi connectivity index (χ4v) is 3.44. The average Bonchev–Trinajstić information content (AvgIpc) is 2.82. The van der Waals surface area contributed by atoms with Crippen molar-refractivity contribution >= 4 is 5.91 Å². The molecule has 0 aromatic heterocycles. The lowest BCUT2D eigenvalue weighted by Crippen LogP contribution is -2.29. The van der Waals surface area contributed by atoms with Crippen LogP contribution in [-0.4, -0.2) is 31.8 Å². The SMILES string of the molecule is CN.CO[C@H](C[C@H](CCCCNCc1ccc(F)c(C)c1)C(=O)NO)c1ccc(F)cc1. The van der Waals surface area contributed by atoms with E-state index in [0.717, 1.165) is 30.5 Å². The Labute approximate surface area is 189 Å². The summed E-state index contributed by atoms with van der Waals surface area (Å²) in [6, 6.07) is 11.0. The minimum Gasteiger partial charge on any atom is -0.377 e. The van der Waals surface area contributed by atoms with Gasteiger partial charge in [-0.3, -0.25) is 10.0 Å². The molecule has 32 heavy (non-hydrogen) atoms. The number of hydroxylamine groups is 1. The van der Waals surface area contributed by atoms with E-state index < -0.39 is 11.8 Å². The fraction of sp³-hybridized carbons (Fsp3) is 0.458. The number of ether oxygens (including phenoxy) is 1. The largest absolute Gasteiger partial charge is 0.377 e. The van der Waals surface area contributed by atoms with Crippen molar-refractivity contribution < 1.29 is 23.5 Å². The Morgan fingerprint density at radius 2 is 1.81 bits per heavy atom. The Bertz CT molecular complexity index is 804. The minimum absolute atomic E-state index is 0.207. The maximum Gasteiger partial charge on any atom is 0.246 e. The lowest BCUT2D eigenvalue weighted by Gasteiger charge is -2.22. The van der Waals surface area contributed by atoms with Gasteiger partial charge in [-0.25, -0.2) is 14.3 Å². The Kier molecular flexibility index (Phi) is 13.3. The molecule has 178 valence electrons. The van der Waals surface area contributed by atoms with Crippen LogP contribution in [0, 0.1) is 24.5 Å². The number of rotatable bonds is 12. The second-order valence-corrected chi connectivity index (χ2v) is 7.44. The third kappa shape index (κ3) is 9.40. The summed E-state index contributed by atoms with van der Waals surface area (Å²) in [6.45, 7) is 3.15. The Morgan fingerprint density at radius 3 is 2.41 bits per heavy atom. The van der Waals surface area contributed by atoms with Gasteiger partial charge >= 0.3 is 0 Å². The van der Waals surface area contributed by atoms with E-state index in [4.69, 9.17) is 9.94 Å². The number of carbonyl (C=O) groups excluding carboxylic acids is 1. The van der Waals surface area contributed by atoms with E-state index in [1.54, 1.807) is 37.7 Å². The van der Waals surface area contributed by atoms with Crippen molar-refractivity contribution in [1.82, 2.24) is 10.8 Å². The van der Waals surface area contributed by atoms with Gasteiger partial charge in [-0.05, 0) is 74.7 Å².